The number of fused-ring (bicyclic) bond motifs is 1. The second kappa shape index (κ2) is 5.98. The van der Waals surface area contributed by atoms with Crippen LogP contribution in [0.3, 0.4) is 0 Å². The maximum absolute atomic E-state index is 12.7. The van der Waals surface area contributed by atoms with E-state index in [9.17, 15) is 9.59 Å². The Morgan fingerprint density at radius 2 is 1.92 bits per heavy atom. The van der Waals surface area contributed by atoms with Crippen LogP contribution >= 0.6 is 0 Å². The minimum Gasteiger partial charge on any atom is -0.308 e. The first-order valence-corrected chi connectivity index (χ1v) is 8.57. The second-order valence-electron chi connectivity index (χ2n) is 6.77. The molecule has 0 unspecified atom stereocenters. The van der Waals surface area contributed by atoms with Crippen molar-refractivity contribution in [3.05, 3.63) is 51.2 Å². The summed E-state index contributed by atoms with van der Waals surface area (Å²) < 4.78 is 1.28. The van der Waals surface area contributed by atoms with Gasteiger partial charge in [-0.25, -0.2) is 9.78 Å². The Kier molecular flexibility index (Phi) is 3.75. The molecule has 2 heterocycles. The lowest BCUT2D eigenvalue weighted by Crippen LogP contribution is -2.28. The van der Waals surface area contributed by atoms with Gasteiger partial charge in [-0.05, 0) is 56.9 Å². The molecule has 4 rings (SSSR count). The molecular formula is C18H20N6O2. The maximum atomic E-state index is 12.7. The van der Waals surface area contributed by atoms with Crippen molar-refractivity contribution in [1.82, 2.24) is 19.6 Å². The van der Waals surface area contributed by atoms with E-state index in [1.165, 1.54) is 4.52 Å². The molecule has 8 heteroatoms. The van der Waals surface area contributed by atoms with Gasteiger partial charge in [0.25, 0.3) is 11.3 Å². The zero-order valence-corrected chi connectivity index (χ0v) is 14.9. The molecule has 134 valence electrons. The summed E-state index contributed by atoms with van der Waals surface area (Å²) in [6, 6.07) is 5.15. The average Bonchev–Trinajstić information content (AvgIpc) is 3.35. The number of carbonyl (C=O) groups excluding carboxylic acids is 1. The summed E-state index contributed by atoms with van der Waals surface area (Å²) in [4.78, 5) is 33.7. The van der Waals surface area contributed by atoms with Crippen LogP contribution in [0, 0.1) is 20.8 Å². The van der Waals surface area contributed by atoms with Crippen LogP contribution in [-0.2, 0) is 0 Å². The summed E-state index contributed by atoms with van der Waals surface area (Å²) in [5, 5.41) is 8.35. The van der Waals surface area contributed by atoms with Crippen molar-refractivity contribution < 1.29 is 4.79 Å². The molecule has 1 aliphatic rings. The summed E-state index contributed by atoms with van der Waals surface area (Å²) in [6.07, 6.45) is 2.13. The molecule has 0 radical (unpaired) electrons. The van der Waals surface area contributed by atoms with Crippen molar-refractivity contribution in [2.24, 2.45) is 0 Å². The van der Waals surface area contributed by atoms with Crippen molar-refractivity contribution in [2.45, 2.75) is 39.5 Å². The highest BCUT2D eigenvalue weighted by molar-refractivity contribution is 6.00. The Morgan fingerprint density at radius 1 is 1.15 bits per heavy atom. The zero-order chi connectivity index (χ0) is 18.4. The number of benzene rings is 1. The lowest BCUT2D eigenvalue weighted by Gasteiger charge is -2.10. The van der Waals surface area contributed by atoms with Crippen molar-refractivity contribution in [3.63, 3.8) is 0 Å². The van der Waals surface area contributed by atoms with Crippen molar-refractivity contribution in [1.29, 1.82) is 0 Å². The van der Waals surface area contributed by atoms with Gasteiger partial charge in [0.2, 0.25) is 0 Å². The fourth-order valence-electron chi connectivity index (χ4n) is 2.81. The third kappa shape index (κ3) is 2.94. The number of nitrogens with one attached hydrogen (secondary N) is 3. The van der Waals surface area contributed by atoms with Gasteiger partial charge in [-0.15, -0.1) is 0 Å². The van der Waals surface area contributed by atoms with Gasteiger partial charge in [0.15, 0.2) is 0 Å². The van der Waals surface area contributed by atoms with Gasteiger partial charge in [-0.1, -0.05) is 6.07 Å². The normalized spacial score (nSPS) is 13.8. The number of nitrogens with zero attached hydrogens (tertiary/aromatic N) is 3. The van der Waals surface area contributed by atoms with E-state index in [2.05, 4.69) is 25.7 Å². The van der Waals surface area contributed by atoms with E-state index in [0.29, 0.717) is 23.1 Å². The first kappa shape index (κ1) is 16.3. The van der Waals surface area contributed by atoms with Crippen LogP contribution in [-0.4, -0.2) is 25.6 Å². The molecule has 2 aromatic heterocycles. The molecule has 3 aromatic rings. The van der Waals surface area contributed by atoms with Crippen LogP contribution in [0.2, 0.25) is 0 Å². The van der Waals surface area contributed by atoms with E-state index < -0.39 is 6.03 Å². The van der Waals surface area contributed by atoms with Crippen LogP contribution in [0.15, 0.2) is 23.0 Å². The van der Waals surface area contributed by atoms with E-state index in [4.69, 9.17) is 0 Å². The fourth-order valence-corrected chi connectivity index (χ4v) is 2.81. The molecule has 0 spiro atoms. The minimum absolute atomic E-state index is 0.134. The number of rotatable bonds is 3. The van der Waals surface area contributed by atoms with E-state index in [0.717, 1.165) is 29.8 Å². The van der Waals surface area contributed by atoms with Crippen molar-refractivity contribution in [3.8, 4) is 0 Å². The molecule has 1 saturated carbocycles. The molecule has 3 N–H and O–H groups in total. The van der Waals surface area contributed by atoms with Gasteiger partial charge >= 0.3 is 6.03 Å². The summed E-state index contributed by atoms with van der Waals surface area (Å²) >= 11 is 0. The first-order valence-electron chi connectivity index (χ1n) is 8.57. The topological polar surface area (TPSA) is 104 Å². The molecule has 2 amide bonds. The number of hydrogen-bond donors (Lipinski definition) is 3. The zero-order valence-electron chi connectivity index (χ0n) is 14.9. The van der Waals surface area contributed by atoms with Gasteiger partial charge in [0, 0.05) is 11.6 Å². The van der Waals surface area contributed by atoms with Gasteiger partial charge < -0.3 is 10.6 Å². The van der Waals surface area contributed by atoms with Gasteiger partial charge in [-0.3, -0.25) is 9.89 Å². The standard InChI is InChI=1S/C18H20N6O2/c1-9-4-7-13(8-10(9)2)20-18(26)21-14-11(3)19-17-22-15(12-5-6-12)23-24(17)16(14)25/h4,7-8,12H,5-6H2,1-3H3,(H,19,22,23)(H2,20,21,26). The van der Waals surface area contributed by atoms with Crippen molar-refractivity contribution >= 4 is 23.2 Å². The van der Waals surface area contributed by atoms with Crippen LogP contribution in [0.5, 0.6) is 0 Å². The summed E-state index contributed by atoms with van der Waals surface area (Å²) in [5.41, 5.74) is 3.07. The highest BCUT2D eigenvalue weighted by Gasteiger charge is 2.28. The second-order valence-corrected chi connectivity index (χ2v) is 6.77. The molecule has 0 aliphatic heterocycles. The highest BCUT2D eigenvalue weighted by Crippen LogP contribution is 2.37. The van der Waals surface area contributed by atoms with E-state index in [1.807, 2.05) is 32.0 Å². The predicted octanol–water partition coefficient (Wildman–Crippen LogP) is 2.86. The van der Waals surface area contributed by atoms with E-state index in [-0.39, 0.29) is 11.2 Å². The average molecular weight is 352 g/mol. The minimum atomic E-state index is -0.489. The molecule has 26 heavy (non-hydrogen) atoms. The molecule has 1 fully saturated rings. The monoisotopic (exact) mass is 352 g/mol. The number of carbonyl (C=O) groups is 1. The Hall–Kier alpha value is -3.16. The lowest BCUT2D eigenvalue weighted by molar-refractivity contribution is 0.262. The van der Waals surface area contributed by atoms with Crippen LogP contribution < -0.4 is 16.2 Å². The number of urea groups is 1. The smallest absolute Gasteiger partial charge is 0.308 e. The molecule has 1 aromatic carbocycles. The van der Waals surface area contributed by atoms with Gasteiger partial charge in [0.05, 0.1) is 5.69 Å². The van der Waals surface area contributed by atoms with Crippen LogP contribution in [0.4, 0.5) is 16.2 Å². The number of anilines is 2. The maximum Gasteiger partial charge on any atom is 0.323 e. The largest absolute Gasteiger partial charge is 0.323 e. The quantitative estimate of drug-likeness (QED) is 0.674. The Balaban J connectivity index is 1.60. The summed E-state index contributed by atoms with van der Waals surface area (Å²) in [5.74, 6) is 1.47. The third-order valence-corrected chi connectivity index (χ3v) is 4.66. The van der Waals surface area contributed by atoms with Crippen molar-refractivity contribution in [2.75, 3.05) is 10.6 Å². The number of H-pyrrole nitrogens is 1. The SMILES string of the molecule is Cc1ccc(NC(=O)Nc2c(C)nc3nc(C4CC4)[nH]n3c2=O)cc1C. The molecule has 0 atom stereocenters. The lowest BCUT2D eigenvalue weighted by atomic mass is 10.1. The molecule has 0 saturated heterocycles. The van der Waals surface area contributed by atoms with Crippen LogP contribution in [0.25, 0.3) is 5.78 Å². The number of aromatic amines is 1. The van der Waals surface area contributed by atoms with Gasteiger partial charge in [-0.2, -0.15) is 9.50 Å². The van der Waals surface area contributed by atoms with Gasteiger partial charge in [0.1, 0.15) is 11.5 Å². The number of hydrogen-bond acceptors (Lipinski definition) is 4. The first-order chi connectivity index (χ1) is 12.4. The number of aromatic nitrogens is 4. The summed E-state index contributed by atoms with van der Waals surface area (Å²) in [7, 11) is 0. The number of amides is 2. The Morgan fingerprint density at radius 3 is 2.62 bits per heavy atom. The molecule has 8 nitrogen and oxygen atoms in total. The Bertz CT molecular complexity index is 1080. The van der Waals surface area contributed by atoms with Crippen LogP contribution in [0.1, 0.15) is 41.4 Å². The fraction of sp³-hybridized carbons (Fsp3) is 0.333. The molecule has 1 aliphatic carbocycles. The predicted molar refractivity (Wildman–Crippen MR) is 98.9 cm³/mol. The molecule has 0 bridgehead atoms. The van der Waals surface area contributed by atoms with E-state index in [1.54, 1.807) is 6.92 Å². The Labute approximate surface area is 149 Å². The van der Waals surface area contributed by atoms with E-state index >= 15 is 0 Å². The molecular weight excluding hydrogens is 332 g/mol. The highest BCUT2D eigenvalue weighted by atomic mass is 16.2. The number of aryl methyl sites for hydroxylation is 3. The summed E-state index contributed by atoms with van der Waals surface area (Å²) in [6.45, 7) is 5.66. The third-order valence-electron chi connectivity index (χ3n) is 4.66.